The number of nitro groups is 1. The molecule has 1 N–H and O–H groups in total. The summed E-state index contributed by atoms with van der Waals surface area (Å²) in [4.78, 5) is 22.5. The van der Waals surface area contributed by atoms with Crippen LogP contribution in [0.4, 0.5) is 5.69 Å². The zero-order valence-electron chi connectivity index (χ0n) is 17.5. The zero-order chi connectivity index (χ0) is 23.8. The first kappa shape index (κ1) is 24.4. The van der Waals surface area contributed by atoms with Gasteiger partial charge < -0.3 is 9.47 Å². The Morgan fingerprint density at radius 1 is 1.09 bits per heavy atom. The number of nitro benzene ring substituents is 1. The second-order valence-electron chi connectivity index (χ2n) is 6.68. The van der Waals surface area contributed by atoms with Crippen LogP contribution in [0.5, 0.6) is 11.5 Å². The lowest BCUT2D eigenvalue weighted by atomic mass is 10.2. The van der Waals surface area contributed by atoms with E-state index in [9.17, 15) is 14.9 Å². The normalized spacial score (nSPS) is 10.8. The molecule has 0 unspecified atom stereocenters. The van der Waals surface area contributed by atoms with Gasteiger partial charge in [0, 0.05) is 22.2 Å². The summed E-state index contributed by atoms with van der Waals surface area (Å²) in [6.45, 7) is 2.47. The van der Waals surface area contributed by atoms with Gasteiger partial charge in [0.25, 0.3) is 11.6 Å². The van der Waals surface area contributed by atoms with Gasteiger partial charge in [-0.2, -0.15) is 5.10 Å². The van der Waals surface area contributed by atoms with Gasteiger partial charge in [0.2, 0.25) is 0 Å². The van der Waals surface area contributed by atoms with Crippen LogP contribution in [0.25, 0.3) is 0 Å². The third-order valence-corrected chi connectivity index (χ3v) is 5.47. The summed E-state index contributed by atoms with van der Waals surface area (Å²) in [5.41, 5.74) is 4.46. The number of non-ortho nitro benzene ring substituents is 1. The molecule has 0 spiro atoms. The highest BCUT2D eigenvalue weighted by Crippen LogP contribution is 2.37. The van der Waals surface area contributed by atoms with E-state index >= 15 is 0 Å². The minimum Gasteiger partial charge on any atom is -0.490 e. The van der Waals surface area contributed by atoms with E-state index in [2.05, 4.69) is 42.4 Å². The lowest BCUT2D eigenvalue weighted by molar-refractivity contribution is -0.384. The fourth-order valence-corrected chi connectivity index (χ4v) is 3.60. The highest BCUT2D eigenvalue weighted by Gasteiger charge is 2.13. The zero-order valence-corrected chi connectivity index (χ0v) is 20.6. The monoisotopic (exact) mass is 575 g/mol. The van der Waals surface area contributed by atoms with Crippen LogP contribution in [0, 0.1) is 10.1 Å². The molecule has 0 radical (unpaired) electrons. The molecular weight excluding hydrogens is 558 g/mol. The summed E-state index contributed by atoms with van der Waals surface area (Å²) < 4.78 is 13.1. The molecule has 33 heavy (non-hydrogen) atoms. The number of benzene rings is 3. The predicted octanol–water partition coefficient (Wildman–Crippen LogP) is 5.86. The van der Waals surface area contributed by atoms with E-state index in [1.807, 2.05) is 6.92 Å². The number of hydrogen-bond donors (Lipinski definition) is 1. The van der Waals surface area contributed by atoms with Crippen molar-refractivity contribution in [2.75, 3.05) is 6.61 Å². The Hall–Kier alpha value is -3.24. The number of carbonyl (C=O) groups excluding carboxylic acids is 1. The molecule has 0 aliphatic heterocycles. The lowest BCUT2D eigenvalue weighted by Gasteiger charge is -2.14. The van der Waals surface area contributed by atoms with E-state index in [-0.39, 0.29) is 18.2 Å². The summed E-state index contributed by atoms with van der Waals surface area (Å²) in [5.74, 6) is 0.659. The SMILES string of the molecule is CCOc1cc(/C=N\NC(=O)c2ccc(Br)cc2)cc(Br)c1OCc1ccc([N+](=O)[O-])cc1. The molecule has 3 aromatic rings. The van der Waals surface area contributed by atoms with Crippen molar-refractivity contribution < 1.29 is 19.2 Å². The van der Waals surface area contributed by atoms with E-state index < -0.39 is 4.92 Å². The van der Waals surface area contributed by atoms with Crippen LogP contribution in [-0.2, 0) is 6.61 Å². The maximum absolute atomic E-state index is 12.2. The minimum absolute atomic E-state index is 0.0193. The fraction of sp³-hybridized carbons (Fsp3) is 0.130. The molecule has 3 aromatic carbocycles. The smallest absolute Gasteiger partial charge is 0.271 e. The molecule has 0 aromatic heterocycles. The lowest BCUT2D eigenvalue weighted by Crippen LogP contribution is -2.17. The summed E-state index contributed by atoms with van der Waals surface area (Å²) >= 11 is 6.82. The highest BCUT2D eigenvalue weighted by atomic mass is 79.9. The predicted molar refractivity (Wildman–Crippen MR) is 132 cm³/mol. The number of ether oxygens (including phenoxy) is 2. The van der Waals surface area contributed by atoms with Crippen LogP contribution in [0.2, 0.25) is 0 Å². The standard InChI is InChI=1S/C23H19Br2N3O5/c1-2-32-21-12-16(13-26-27-23(29)17-5-7-18(24)8-6-17)11-20(25)22(21)33-14-15-3-9-19(10-4-15)28(30)31/h3-13H,2,14H2,1H3,(H,27,29)/b26-13-. The molecule has 0 heterocycles. The van der Waals surface area contributed by atoms with Crippen molar-refractivity contribution >= 4 is 49.7 Å². The van der Waals surface area contributed by atoms with Crippen LogP contribution in [0.1, 0.15) is 28.4 Å². The number of halogens is 2. The van der Waals surface area contributed by atoms with Crippen LogP contribution < -0.4 is 14.9 Å². The van der Waals surface area contributed by atoms with Crippen LogP contribution in [0.3, 0.4) is 0 Å². The third-order valence-electron chi connectivity index (χ3n) is 4.35. The van der Waals surface area contributed by atoms with Crippen molar-refractivity contribution in [3.05, 3.63) is 96.4 Å². The van der Waals surface area contributed by atoms with Crippen LogP contribution in [-0.4, -0.2) is 23.7 Å². The molecule has 0 fully saturated rings. The number of nitrogens with one attached hydrogen (secondary N) is 1. The van der Waals surface area contributed by atoms with Crippen molar-refractivity contribution in [2.24, 2.45) is 5.10 Å². The van der Waals surface area contributed by atoms with Crippen LogP contribution in [0.15, 0.2) is 74.7 Å². The molecular formula is C23H19Br2N3O5. The molecule has 10 heteroatoms. The molecule has 0 bridgehead atoms. The number of amides is 1. The Morgan fingerprint density at radius 2 is 1.79 bits per heavy atom. The van der Waals surface area contributed by atoms with Crippen LogP contribution >= 0.6 is 31.9 Å². The van der Waals surface area contributed by atoms with Gasteiger partial charge in [0.05, 0.1) is 22.2 Å². The molecule has 0 saturated carbocycles. The largest absolute Gasteiger partial charge is 0.490 e. The number of hydrazone groups is 1. The van der Waals surface area contributed by atoms with Crippen molar-refractivity contribution in [1.82, 2.24) is 5.43 Å². The molecule has 0 aliphatic rings. The van der Waals surface area contributed by atoms with Crippen molar-refractivity contribution in [1.29, 1.82) is 0 Å². The number of hydrogen-bond acceptors (Lipinski definition) is 6. The summed E-state index contributed by atoms with van der Waals surface area (Å²) in [6, 6.07) is 16.6. The second kappa shape index (κ2) is 11.6. The Morgan fingerprint density at radius 3 is 2.42 bits per heavy atom. The van der Waals surface area contributed by atoms with E-state index in [0.29, 0.717) is 33.7 Å². The second-order valence-corrected chi connectivity index (χ2v) is 8.45. The van der Waals surface area contributed by atoms with Gasteiger partial charge >= 0.3 is 0 Å². The number of carbonyl (C=O) groups is 1. The van der Waals surface area contributed by atoms with Gasteiger partial charge in [-0.05, 0) is 82.5 Å². The van der Waals surface area contributed by atoms with Gasteiger partial charge in [0.15, 0.2) is 11.5 Å². The highest BCUT2D eigenvalue weighted by molar-refractivity contribution is 9.10. The molecule has 3 rings (SSSR count). The number of rotatable bonds is 9. The van der Waals surface area contributed by atoms with E-state index in [4.69, 9.17) is 9.47 Å². The Kier molecular flexibility index (Phi) is 8.56. The minimum atomic E-state index is -0.448. The first-order chi connectivity index (χ1) is 15.9. The van der Waals surface area contributed by atoms with Crippen molar-refractivity contribution in [3.63, 3.8) is 0 Å². The Bertz CT molecular complexity index is 1170. The summed E-state index contributed by atoms with van der Waals surface area (Å²) in [7, 11) is 0. The Labute approximate surface area is 207 Å². The Balaban J connectivity index is 1.70. The first-order valence-electron chi connectivity index (χ1n) is 9.79. The van der Waals surface area contributed by atoms with Gasteiger partial charge in [-0.3, -0.25) is 14.9 Å². The van der Waals surface area contributed by atoms with Gasteiger partial charge in [-0.1, -0.05) is 15.9 Å². The van der Waals surface area contributed by atoms with Gasteiger partial charge in [0.1, 0.15) is 6.61 Å². The quantitative estimate of drug-likeness (QED) is 0.195. The van der Waals surface area contributed by atoms with Crippen molar-refractivity contribution in [3.8, 4) is 11.5 Å². The summed E-state index contributed by atoms with van der Waals surface area (Å²) in [6.07, 6.45) is 1.50. The molecule has 0 atom stereocenters. The summed E-state index contributed by atoms with van der Waals surface area (Å²) in [5, 5.41) is 14.8. The van der Waals surface area contributed by atoms with E-state index in [1.165, 1.54) is 18.3 Å². The number of nitrogens with zero attached hydrogens (tertiary/aromatic N) is 2. The maximum Gasteiger partial charge on any atom is 0.271 e. The average Bonchev–Trinajstić information content (AvgIpc) is 2.79. The first-order valence-corrected chi connectivity index (χ1v) is 11.4. The maximum atomic E-state index is 12.2. The molecule has 1 amide bonds. The van der Waals surface area contributed by atoms with Gasteiger partial charge in [-0.25, -0.2) is 5.43 Å². The average molecular weight is 577 g/mol. The molecule has 0 saturated heterocycles. The molecule has 170 valence electrons. The third kappa shape index (κ3) is 6.87. The molecule has 8 nitrogen and oxygen atoms in total. The van der Waals surface area contributed by atoms with Gasteiger partial charge in [-0.15, -0.1) is 0 Å². The van der Waals surface area contributed by atoms with Crippen molar-refractivity contribution in [2.45, 2.75) is 13.5 Å². The van der Waals surface area contributed by atoms with E-state index in [0.717, 1.165) is 10.0 Å². The fourth-order valence-electron chi connectivity index (χ4n) is 2.77. The van der Waals surface area contributed by atoms with E-state index in [1.54, 1.807) is 48.5 Å². The topological polar surface area (TPSA) is 103 Å². The molecule has 0 aliphatic carbocycles.